The van der Waals surface area contributed by atoms with Gasteiger partial charge in [0.05, 0.1) is 18.3 Å². The Kier molecular flexibility index (Phi) is 5.93. The molecule has 3 aromatic rings. The van der Waals surface area contributed by atoms with Gasteiger partial charge in [-0.1, -0.05) is 30.3 Å². The Labute approximate surface area is 146 Å². The first-order valence-electron chi connectivity index (χ1n) is 8.24. The van der Waals surface area contributed by atoms with Gasteiger partial charge in [0.15, 0.2) is 0 Å². The summed E-state index contributed by atoms with van der Waals surface area (Å²) in [5, 5.41) is 3.49. The molecule has 0 bridgehead atoms. The molecule has 0 fully saturated rings. The van der Waals surface area contributed by atoms with Crippen LogP contribution < -0.4 is 5.32 Å². The summed E-state index contributed by atoms with van der Waals surface area (Å²) in [7, 11) is 1.70. The van der Waals surface area contributed by atoms with Crippen LogP contribution >= 0.6 is 0 Å². The van der Waals surface area contributed by atoms with E-state index >= 15 is 0 Å². The van der Waals surface area contributed by atoms with Gasteiger partial charge in [0, 0.05) is 25.6 Å². The molecule has 0 saturated heterocycles. The molecule has 2 aromatic carbocycles. The third-order valence-corrected chi connectivity index (χ3v) is 3.95. The number of nitrogens with one attached hydrogen (secondary N) is 1. The van der Waals surface area contributed by atoms with Gasteiger partial charge in [-0.25, -0.2) is 9.37 Å². The molecule has 0 radical (unpaired) electrons. The Morgan fingerprint density at radius 1 is 1.12 bits per heavy atom. The van der Waals surface area contributed by atoms with E-state index in [1.54, 1.807) is 25.5 Å². The SMILES string of the molecule is COCC(NCCc1coc(-c2ccc(F)cc2)n1)c1ccccc1. The van der Waals surface area contributed by atoms with E-state index in [-0.39, 0.29) is 11.9 Å². The molecule has 3 rings (SSSR count). The van der Waals surface area contributed by atoms with Crippen molar-refractivity contribution < 1.29 is 13.5 Å². The van der Waals surface area contributed by atoms with Crippen molar-refractivity contribution >= 4 is 0 Å². The van der Waals surface area contributed by atoms with E-state index in [0.29, 0.717) is 12.5 Å². The van der Waals surface area contributed by atoms with E-state index in [2.05, 4.69) is 22.4 Å². The maximum Gasteiger partial charge on any atom is 0.226 e. The van der Waals surface area contributed by atoms with Crippen molar-refractivity contribution in [3.8, 4) is 11.5 Å². The lowest BCUT2D eigenvalue weighted by molar-refractivity contribution is 0.167. The fourth-order valence-electron chi connectivity index (χ4n) is 2.65. The van der Waals surface area contributed by atoms with E-state index in [0.717, 1.165) is 24.2 Å². The summed E-state index contributed by atoms with van der Waals surface area (Å²) in [4.78, 5) is 4.47. The van der Waals surface area contributed by atoms with Crippen LogP contribution in [0.3, 0.4) is 0 Å². The highest BCUT2D eigenvalue weighted by atomic mass is 19.1. The topological polar surface area (TPSA) is 47.3 Å². The van der Waals surface area contributed by atoms with Crippen molar-refractivity contribution in [3.63, 3.8) is 0 Å². The molecule has 5 heteroatoms. The van der Waals surface area contributed by atoms with Crippen LogP contribution in [0, 0.1) is 5.82 Å². The average molecular weight is 340 g/mol. The Bertz CT molecular complexity index is 772. The van der Waals surface area contributed by atoms with E-state index < -0.39 is 0 Å². The highest BCUT2D eigenvalue weighted by Crippen LogP contribution is 2.19. The van der Waals surface area contributed by atoms with Gasteiger partial charge in [-0.2, -0.15) is 0 Å². The second-order valence-corrected chi connectivity index (χ2v) is 5.77. The van der Waals surface area contributed by atoms with Crippen LogP contribution in [0.1, 0.15) is 17.3 Å². The van der Waals surface area contributed by atoms with Crippen molar-refractivity contribution in [2.24, 2.45) is 0 Å². The van der Waals surface area contributed by atoms with Crippen LogP contribution in [0.4, 0.5) is 4.39 Å². The zero-order valence-corrected chi connectivity index (χ0v) is 14.1. The lowest BCUT2D eigenvalue weighted by Gasteiger charge is -2.18. The van der Waals surface area contributed by atoms with E-state index in [4.69, 9.17) is 9.15 Å². The Morgan fingerprint density at radius 2 is 1.88 bits per heavy atom. The standard InChI is InChI=1S/C20H21FN2O2/c1-24-14-19(15-5-3-2-4-6-15)22-12-11-18-13-25-20(23-18)16-7-9-17(21)10-8-16/h2-10,13,19,22H,11-12,14H2,1H3. The Morgan fingerprint density at radius 3 is 2.60 bits per heavy atom. The first-order chi connectivity index (χ1) is 12.3. The minimum atomic E-state index is -0.273. The maximum absolute atomic E-state index is 13.0. The molecule has 1 aromatic heterocycles. The number of hydrogen-bond donors (Lipinski definition) is 1. The molecule has 0 saturated carbocycles. The average Bonchev–Trinajstić information content (AvgIpc) is 3.11. The normalized spacial score (nSPS) is 12.2. The second-order valence-electron chi connectivity index (χ2n) is 5.77. The van der Waals surface area contributed by atoms with Crippen molar-refractivity contribution in [3.05, 3.63) is 77.9 Å². The third-order valence-electron chi connectivity index (χ3n) is 3.95. The summed E-state index contributed by atoms with van der Waals surface area (Å²) in [6.07, 6.45) is 2.38. The highest BCUT2D eigenvalue weighted by molar-refractivity contribution is 5.52. The summed E-state index contributed by atoms with van der Waals surface area (Å²) in [5.41, 5.74) is 2.81. The molecule has 0 spiro atoms. The van der Waals surface area contributed by atoms with Crippen LogP contribution in [0.25, 0.3) is 11.5 Å². The lowest BCUT2D eigenvalue weighted by Crippen LogP contribution is -2.27. The van der Waals surface area contributed by atoms with Gasteiger partial charge in [-0.15, -0.1) is 0 Å². The van der Waals surface area contributed by atoms with Gasteiger partial charge in [0.25, 0.3) is 0 Å². The van der Waals surface area contributed by atoms with E-state index in [1.807, 2.05) is 18.2 Å². The van der Waals surface area contributed by atoms with Crippen molar-refractivity contribution in [1.82, 2.24) is 10.3 Å². The molecule has 0 aliphatic rings. The zero-order chi connectivity index (χ0) is 17.5. The van der Waals surface area contributed by atoms with Crippen LogP contribution in [0.2, 0.25) is 0 Å². The van der Waals surface area contributed by atoms with Gasteiger partial charge in [0.1, 0.15) is 12.1 Å². The summed E-state index contributed by atoms with van der Waals surface area (Å²) < 4.78 is 23.8. The summed E-state index contributed by atoms with van der Waals surface area (Å²) in [6, 6.07) is 16.5. The number of benzene rings is 2. The van der Waals surface area contributed by atoms with Crippen LogP contribution in [0.5, 0.6) is 0 Å². The third kappa shape index (κ3) is 4.75. The molecule has 0 amide bonds. The lowest BCUT2D eigenvalue weighted by atomic mass is 10.1. The molecule has 1 N–H and O–H groups in total. The molecule has 1 atom stereocenters. The minimum Gasteiger partial charge on any atom is -0.444 e. The van der Waals surface area contributed by atoms with Crippen molar-refractivity contribution in [2.45, 2.75) is 12.5 Å². The number of ether oxygens (including phenoxy) is 1. The first-order valence-corrected chi connectivity index (χ1v) is 8.24. The van der Waals surface area contributed by atoms with Crippen LogP contribution in [-0.4, -0.2) is 25.2 Å². The zero-order valence-electron chi connectivity index (χ0n) is 14.1. The number of nitrogens with zero attached hydrogens (tertiary/aromatic N) is 1. The quantitative estimate of drug-likeness (QED) is 0.673. The summed E-state index contributed by atoms with van der Waals surface area (Å²) in [6.45, 7) is 1.35. The smallest absolute Gasteiger partial charge is 0.226 e. The Hall–Kier alpha value is -2.50. The number of methoxy groups -OCH3 is 1. The first kappa shape index (κ1) is 17.3. The largest absolute Gasteiger partial charge is 0.444 e. The van der Waals surface area contributed by atoms with E-state index in [9.17, 15) is 4.39 Å². The fraction of sp³-hybridized carbons (Fsp3) is 0.250. The molecule has 1 heterocycles. The van der Waals surface area contributed by atoms with Crippen LogP contribution in [-0.2, 0) is 11.2 Å². The van der Waals surface area contributed by atoms with Gasteiger partial charge < -0.3 is 14.5 Å². The number of aromatic nitrogens is 1. The monoisotopic (exact) mass is 340 g/mol. The predicted molar refractivity (Wildman–Crippen MR) is 94.7 cm³/mol. The number of rotatable bonds is 8. The van der Waals surface area contributed by atoms with Gasteiger partial charge in [-0.3, -0.25) is 0 Å². The fourth-order valence-corrected chi connectivity index (χ4v) is 2.65. The van der Waals surface area contributed by atoms with Crippen LogP contribution in [0.15, 0.2) is 65.3 Å². The van der Waals surface area contributed by atoms with Crippen molar-refractivity contribution in [1.29, 1.82) is 0 Å². The van der Waals surface area contributed by atoms with Gasteiger partial charge >= 0.3 is 0 Å². The molecule has 4 nitrogen and oxygen atoms in total. The van der Waals surface area contributed by atoms with E-state index in [1.165, 1.54) is 17.7 Å². The molecule has 0 aliphatic heterocycles. The predicted octanol–water partition coefficient (Wildman–Crippen LogP) is 4.00. The number of halogens is 1. The molecule has 1 unspecified atom stereocenters. The minimum absolute atomic E-state index is 0.134. The molecule has 0 aliphatic carbocycles. The highest BCUT2D eigenvalue weighted by Gasteiger charge is 2.11. The number of hydrogen-bond acceptors (Lipinski definition) is 4. The maximum atomic E-state index is 13.0. The second kappa shape index (κ2) is 8.55. The van der Waals surface area contributed by atoms with Gasteiger partial charge in [0.2, 0.25) is 5.89 Å². The van der Waals surface area contributed by atoms with Gasteiger partial charge in [-0.05, 0) is 29.8 Å². The number of oxazole rings is 1. The summed E-state index contributed by atoms with van der Waals surface area (Å²) in [5.74, 6) is 0.233. The van der Waals surface area contributed by atoms with Crippen molar-refractivity contribution in [2.75, 3.05) is 20.3 Å². The molecular weight excluding hydrogens is 319 g/mol. The molecule has 130 valence electrons. The summed E-state index contributed by atoms with van der Waals surface area (Å²) >= 11 is 0. The Balaban J connectivity index is 1.57. The molecular formula is C20H21FN2O2. The molecule has 25 heavy (non-hydrogen) atoms.